The maximum Gasteiger partial charge on any atom is 0.343 e. The normalized spacial score (nSPS) is 17.7. The van der Waals surface area contributed by atoms with E-state index in [1.54, 1.807) is 42.5 Å². The average molecular weight is 366 g/mol. The molecule has 0 amide bonds. The zero-order valence-corrected chi connectivity index (χ0v) is 14.7. The molecule has 0 spiro atoms. The number of likely N-dealkylation sites (N-methyl/N-ethyl adjacent to an activating group) is 1. The summed E-state index contributed by atoms with van der Waals surface area (Å²) in [5, 5.41) is 0.945. The summed E-state index contributed by atoms with van der Waals surface area (Å²) in [6.45, 7) is 1.82. The van der Waals surface area contributed by atoms with Gasteiger partial charge in [-0.15, -0.1) is 0 Å². The van der Waals surface area contributed by atoms with Crippen LogP contribution in [0.3, 0.4) is 0 Å². The van der Waals surface area contributed by atoms with E-state index in [1.807, 2.05) is 7.05 Å². The molecule has 1 saturated heterocycles. The largest absolute Gasteiger partial charge is 0.485 e. The van der Waals surface area contributed by atoms with Crippen LogP contribution in [-0.2, 0) is 0 Å². The van der Waals surface area contributed by atoms with Crippen molar-refractivity contribution in [3.63, 3.8) is 0 Å². The predicted octanol–water partition coefficient (Wildman–Crippen LogP) is 4.30. The highest BCUT2D eigenvalue weighted by Crippen LogP contribution is 2.33. The number of nitrogens with zero attached hydrogens (tertiary/aromatic N) is 1. The molecule has 0 radical (unpaired) electrons. The van der Waals surface area contributed by atoms with Gasteiger partial charge in [0.15, 0.2) is 11.5 Å². The Kier molecular flexibility index (Phi) is 5.29. The molecule has 6 heteroatoms. The molecule has 1 unspecified atom stereocenters. The third-order valence-corrected chi connectivity index (χ3v) is 4.28. The SMILES string of the molecule is CN1CCC(Oc2ccc(Cl)cc2OC(=O)c2cccc(Cl)c2)C1. The zero-order chi connectivity index (χ0) is 17.1. The zero-order valence-electron chi connectivity index (χ0n) is 13.2. The number of carbonyl (C=O) groups excluding carboxylic acids is 1. The molecule has 0 saturated carbocycles. The number of carbonyl (C=O) groups is 1. The Hall–Kier alpha value is -1.75. The van der Waals surface area contributed by atoms with E-state index in [0.717, 1.165) is 19.5 Å². The summed E-state index contributed by atoms with van der Waals surface area (Å²) in [7, 11) is 2.05. The first kappa shape index (κ1) is 17.1. The molecule has 126 valence electrons. The van der Waals surface area contributed by atoms with Crippen LogP contribution in [0, 0.1) is 0 Å². The van der Waals surface area contributed by atoms with Gasteiger partial charge in [-0.1, -0.05) is 29.3 Å². The Morgan fingerprint density at radius 3 is 2.62 bits per heavy atom. The topological polar surface area (TPSA) is 38.8 Å². The molecule has 1 aliphatic heterocycles. The number of likely N-dealkylation sites (tertiary alicyclic amines) is 1. The highest BCUT2D eigenvalue weighted by molar-refractivity contribution is 6.31. The van der Waals surface area contributed by atoms with Gasteiger partial charge in [0.1, 0.15) is 6.10 Å². The second kappa shape index (κ2) is 7.43. The monoisotopic (exact) mass is 365 g/mol. The highest BCUT2D eigenvalue weighted by atomic mass is 35.5. The minimum absolute atomic E-state index is 0.0693. The first-order chi connectivity index (χ1) is 11.5. The van der Waals surface area contributed by atoms with Crippen LogP contribution in [0.25, 0.3) is 0 Å². The van der Waals surface area contributed by atoms with Crippen LogP contribution in [0.4, 0.5) is 0 Å². The molecule has 2 aromatic rings. The van der Waals surface area contributed by atoms with Crippen molar-refractivity contribution in [3.05, 3.63) is 58.1 Å². The van der Waals surface area contributed by atoms with Crippen LogP contribution in [0.2, 0.25) is 10.0 Å². The minimum Gasteiger partial charge on any atom is -0.485 e. The van der Waals surface area contributed by atoms with E-state index in [9.17, 15) is 4.79 Å². The standard InChI is InChI=1S/C18H17Cl2NO3/c1-21-8-7-15(11-21)23-16-6-5-14(20)10-17(16)24-18(22)12-3-2-4-13(19)9-12/h2-6,9-10,15H,7-8,11H2,1H3. The molecule has 0 bridgehead atoms. The lowest BCUT2D eigenvalue weighted by Gasteiger charge is -2.17. The molecule has 3 rings (SSSR count). The van der Waals surface area contributed by atoms with E-state index >= 15 is 0 Å². The number of hydrogen-bond donors (Lipinski definition) is 0. The number of hydrogen-bond acceptors (Lipinski definition) is 4. The Morgan fingerprint density at radius 2 is 1.92 bits per heavy atom. The predicted molar refractivity (Wildman–Crippen MR) is 94.4 cm³/mol. The Morgan fingerprint density at radius 1 is 1.12 bits per heavy atom. The van der Waals surface area contributed by atoms with Crippen molar-refractivity contribution in [3.8, 4) is 11.5 Å². The van der Waals surface area contributed by atoms with E-state index in [-0.39, 0.29) is 6.10 Å². The summed E-state index contributed by atoms with van der Waals surface area (Å²) in [6, 6.07) is 11.6. The molecule has 1 fully saturated rings. The van der Waals surface area contributed by atoms with Gasteiger partial charge in [-0.3, -0.25) is 0 Å². The molecule has 1 atom stereocenters. The lowest BCUT2D eigenvalue weighted by molar-refractivity contribution is 0.0724. The highest BCUT2D eigenvalue weighted by Gasteiger charge is 2.23. The first-order valence-corrected chi connectivity index (χ1v) is 8.39. The van der Waals surface area contributed by atoms with Crippen molar-refractivity contribution >= 4 is 29.2 Å². The van der Waals surface area contributed by atoms with Gasteiger partial charge in [0.25, 0.3) is 0 Å². The fourth-order valence-corrected chi connectivity index (χ4v) is 2.96. The van der Waals surface area contributed by atoms with Crippen molar-refractivity contribution in [1.82, 2.24) is 4.90 Å². The van der Waals surface area contributed by atoms with Crippen LogP contribution >= 0.6 is 23.2 Å². The molecule has 4 nitrogen and oxygen atoms in total. The van der Waals surface area contributed by atoms with Gasteiger partial charge in [0, 0.05) is 29.2 Å². The van der Waals surface area contributed by atoms with Crippen LogP contribution in [0.15, 0.2) is 42.5 Å². The molecule has 1 aliphatic rings. The molecular formula is C18H17Cl2NO3. The van der Waals surface area contributed by atoms with E-state index in [2.05, 4.69) is 4.90 Å². The molecule has 24 heavy (non-hydrogen) atoms. The Labute approximate surface area is 150 Å². The van der Waals surface area contributed by atoms with Crippen molar-refractivity contribution in [2.75, 3.05) is 20.1 Å². The van der Waals surface area contributed by atoms with Gasteiger partial charge >= 0.3 is 5.97 Å². The smallest absolute Gasteiger partial charge is 0.343 e. The number of esters is 1. The second-order valence-corrected chi connectivity index (χ2v) is 6.65. The Balaban J connectivity index is 1.79. The summed E-state index contributed by atoms with van der Waals surface area (Å²) >= 11 is 12.0. The lowest BCUT2D eigenvalue weighted by atomic mass is 10.2. The summed E-state index contributed by atoms with van der Waals surface area (Å²) in [5.41, 5.74) is 0.369. The summed E-state index contributed by atoms with van der Waals surface area (Å²) in [5.74, 6) is 0.310. The molecule has 2 aromatic carbocycles. The third kappa shape index (κ3) is 4.20. The quantitative estimate of drug-likeness (QED) is 0.598. The Bertz CT molecular complexity index is 751. The molecule has 0 aromatic heterocycles. The number of benzene rings is 2. The summed E-state index contributed by atoms with van der Waals surface area (Å²) in [6.07, 6.45) is 1.00. The van der Waals surface area contributed by atoms with E-state index in [1.165, 1.54) is 0 Å². The first-order valence-electron chi connectivity index (χ1n) is 7.64. The van der Waals surface area contributed by atoms with Crippen molar-refractivity contribution in [1.29, 1.82) is 0 Å². The molecule has 0 aliphatic carbocycles. The fourth-order valence-electron chi connectivity index (χ4n) is 2.60. The van der Waals surface area contributed by atoms with Crippen LogP contribution in [0.5, 0.6) is 11.5 Å². The van der Waals surface area contributed by atoms with Gasteiger partial charge in [-0.25, -0.2) is 4.79 Å². The third-order valence-electron chi connectivity index (χ3n) is 3.81. The van der Waals surface area contributed by atoms with Gasteiger partial charge in [0.05, 0.1) is 5.56 Å². The minimum atomic E-state index is -0.506. The van der Waals surface area contributed by atoms with E-state index < -0.39 is 5.97 Å². The molecule has 0 N–H and O–H groups in total. The van der Waals surface area contributed by atoms with Crippen molar-refractivity contribution in [2.24, 2.45) is 0 Å². The lowest BCUT2D eigenvalue weighted by Crippen LogP contribution is -2.22. The van der Waals surface area contributed by atoms with E-state index in [0.29, 0.717) is 27.1 Å². The van der Waals surface area contributed by atoms with Gasteiger partial charge in [-0.2, -0.15) is 0 Å². The van der Waals surface area contributed by atoms with Gasteiger partial charge in [-0.05, 0) is 43.8 Å². The van der Waals surface area contributed by atoms with Crippen LogP contribution < -0.4 is 9.47 Å². The van der Waals surface area contributed by atoms with Crippen LogP contribution in [0.1, 0.15) is 16.8 Å². The number of rotatable bonds is 4. The van der Waals surface area contributed by atoms with Crippen molar-refractivity contribution in [2.45, 2.75) is 12.5 Å². The summed E-state index contributed by atoms with van der Waals surface area (Å²) < 4.78 is 11.5. The number of ether oxygens (including phenoxy) is 2. The van der Waals surface area contributed by atoms with Crippen molar-refractivity contribution < 1.29 is 14.3 Å². The maximum atomic E-state index is 12.3. The van der Waals surface area contributed by atoms with E-state index in [4.69, 9.17) is 32.7 Å². The molecular weight excluding hydrogens is 349 g/mol. The van der Waals surface area contributed by atoms with Gasteiger partial charge < -0.3 is 14.4 Å². The maximum absolute atomic E-state index is 12.3. The van der Waals surface area contributed by atoms with Gasteiger partial charge in [0.2, 0.25) is 0 Å². The number of halogens is 2. The fraction of sp³-hybridized carbons (Fsp3) is 0.278. The summed E-state index contributed by atoms with van der Waals surface area (Å²) in [4.78, 5) is 14.5. The average Bonchev–Trinajstić information content (AvgIpc) is 2.95. The second-order valence-electron chi connectivity index (χ2n) is 5.78. The van der Waals surface area contributed by atoms with Crippen LogP contribution in [-0.4, -0.2) is 37.1 Å². The molecule has 1 heterocycles.